The van der Waals surface area contributed by atoms with Crippen LogP contribution in [0.4, 0.5) is 0 Å². The number of hydrogen-bond acceptors (Lipinski definition) is 2. The highest BCUT2D eigenvalue weighted by Crippen LogP contribution is 2.14. The summed E-state index contributed by atoms with van der Waals surface area (Å²) >= 11 is 0. The van der Waals surface area contributed by atoms with Gasteiger partial charge in [0.15, 0.2) is 0 Å². The Hall–Kier alpha value is -0.0800. The summed E-state index contributed by atoms with van der Waals surface area (Å²) in [6.07, 6.45) is 4.54. The topological polar surface area (TPSA) is 46.2 Å². The van der Waals surface area contributed by atoms with E-state index in [-0.39, 0.29) is 12.1 Å². The highest BCUT2D eigenvalue weighted by atomic mass is 16.3. The minimum atomic E-state index is -0.144. The molecule has 8 heavy (non-hydrogen) atoms. The van der Waals surface area contributed by atoms with Crippen LogP contribution in [0.2, 0.25) is 0 Å². The Labute approximate surface area is 49.7 Å². The summed E-state index contributed by atoms with van der Waals surface area (Å²) < 4.78 is 0. The maximum atomic E-state index is 8.98. The van der Waals surface area contributed by atoms with Gasteiger partial charge in [-0.3, -0.25) is 0 Å². The van der Waals surface area contributed by atoms with Gasteiger partial charge < -0.3 is 10.8 Å². The Kier molecular flexibility index (Phi) is 1.86. The van der Waals surface area contributed by atoms with Crippen LogP contribution in [-0.4, -0.2) is 17.3 Å². The predicted molar refractivity (Wildman–Crippen MR) is 32.1 cm³/mol. The molecule has 47 valence electrons. The molecule has 1 fully saturated rings. The predicted octanol–water partition coefficient (Wildman–Crippen LogP) is 0.0628. The Morgan fingerprint density at radius 2 is 2.38 bits per heavy atom. The molecule has 1 saturated carbocycles. The fourth-order valence-corrected chi connectivity index (χ4v) is 1.03. The molecule has 0 bridgehead atoms. The minimum Gasteiger partial charge on any atom is -0.393 e. The molecule has 1 aliphatic carbocycles. The smallest absolute Gasteiger partial charge is 0.0555 e. The van der Waals surface area contributed by atoms with Gasteiger partial charge in [0.1, 0.15) is 0 Å². The number of hydrogen-bond donors (Lipinski definition) is 2. The van der Waals surface area contributed by atoms with Crippen molar-refractivity contribution in [1.82, 2.24) is 0 Å². The van der Waals surface area contributed by atoms with Crippen molar-refractivity contribution >= 4 is 0 Å². The van der Waals surface area contributed by atoms with Crippen molar-refractivity contribution in [2.24, 2.45) is 5.73 Å². The van der Waals surface area contributed by atoms with E-state index in [2.05, 4.69) is 6.42 Å². The van der Waals surface area contributed by atoms with Crippen LogP contribution in [0.1, 0.15) is 19.3 Å². The molecule has 0 aromatic heterocycles. The van der Waals surface area contributed by atoms with Crippen molar-refractivity contribution in [3.8, 4) is 0 Å². The second kappa shape index (κ2) is 2.46. The molecule has 0 spiro atoms. The maximum Gasteiger partial charge on any atom is 0.0555 e. The average Bonchev–Trinajstić information content (AvgIpc) is 1.64. The third-order valence-corrected chi connectivity index (χ3v) is 1.51. The molecule has 0 heterocycles. The van der Waals surface area contributed by atoms with Crippen molar-refractivity contribution in [3.63, 3.8) is 0 Å². The summed E-state index contributed by atoms with van der Waals surface area (Å²) in [7, 11) is 0. The lowest BCUT2D eigenvalue weighted by Crippen LogP contribution is -2.30. The first-order valence-electron chi connectivity index (χ1n) is 3.06. The van der Waals surface area contributed by atoms with Gasteiger partial charge >= 0.3 is 0 Å². The van der Waals surface area contributed by atoms with Crippen molar-refractivity contribution in [2.45, 2.75) is 31.4 Å². The molecule has 0 aliphatic heterocycles. The molecule has 0 amide bonds. The lowest BCUT2D eigenvalue weighted by Gasteiger charge is -2.21. The van der Waals surface area contributed by atoms with E-state index < -0.39 is 0 Å². The first kappa shape index (κ1) is 6.05. The Morgan fingerprint density at radius 1 is 1.62 bits per heavy atom. The Bertz CT molecular complexity index is 66.9. The molecule has 3 N–H and O–H groups in total. The van der Waals surface area contributed by atoms with Crippen LogP contribution in [0.25, 0.3) is 0 Å². The summed E-state index contributed by atoms with van der Waals surface area (Å²) in [6.45, 7) is 0. The summed E-state index contributed by atoms with van der Waals surface area (Å²) in [5.74, 6) is 0. The highest BCUT2D eigenvalue weighted by molar-refractivity contribution is 4.87. The molecule has 0 aromatic rings. The lowest BCUT2D eigenvalue weighted by atomic mass is 9.94. The Morgan fingerprint density at radius 3 is 2.75 bits per heavy atom. The normalized spacial score (nSPS) is 39.8. The number of aliphatic hydroxyl groups excluding tert-OH is 1. The van der Waals surface area contributed by atoms with E-state index in [1.54, 1.807) is 0 Å². The molecule has 2 nitrogen and oxygen atoms in total. The van der Waals surface area contributed by atoms with Gasteiger partial charge in [-0.15, -0.1) is 0 Å². The number of rotatable bonds is 0. The van der Waals surface area contributed by atoms with Gasteiger partial charge in [0, 0.05) is 6.04 Å². The van der Waals surface area contributed by atoms with Crippen molar-refractivity contribution in [3.05, 3.63) is 6.42 Å². The van der Waals surface area contributed by atoms with E-state index in [4.69, 9.17) is 10.8 Å². The van der Waals surface area contributed by atoms with E-state index in [0.29, 0.717) is 0 Å². The second-order valence-electron chi connectivity index (χ2n) is 2.37. The molecule has 0 saturated heterocycles. The van der Waals surface area contributed by atoms with Gasteiger partial charge in [-0.05, 0) is 25.7 Å². The summed E-state index contributed by atoms with van der Waals surface area (Å²) in [5, 5.41) is 8.98. The van der Waals surface area contributed by atoms with E-state index in [9.17, 15) is 0 Å². The van der Waals surface area contributed by atoms with Crippen LogP contribution in [0.5, 0.6) is 0 Å². The summed E-state index contributed by atoms with van der Waals surface area (Å²) in [5.41, 5.74) is 5.51. The van der Waals surface area contributed by atoms with Crippen molar-refractivity contribution in [2.75, 3.05) is 0 Å². The van der Waals surface area contributed by atoms with E-state index in [0.717, 1.165) is 19.3 Å². The number of aliphatic hydroxyl groups is 1. The van der Waals surface area contributed by atoms with Gasteiger partial charge in [0.25, 0.3) is 0 Å². The first-order chi connectivity index (χ1) is 3.79. The molecule has 1 rings (SSSR count). The second-order valence-corrected chi connectivity index (χ2v) is 2.37. The van der Waals surface area contributed by atoms with E-state index >= 15 is 0 Å². The largest absolute Gasteiger partial charge is 0.393 e. The molecular weight excluding hydrogens is 102 g/mol. The van der Waals surface area contributed by atoms with Gasteiger partial charge in [0.05, 0.1) is 6.10 Å². The standard InChI is InChI=1S/C6H12NO/c7-5-2-1-3-6(8)4-5/h2,5-6,8H,1,3-4,7H2. The number of nitrogens with two attached hydrogens (primary N) is 1. The summed E-state index contributed by atoms with van der Waals surface area (Å²) in [6, 6.07) is 0.138. The SMILES string of the molecule is NC1[CH]CCC(O)C1. The van der Waals surface area contributed by atoms with Gasteiger partial charge in [-0.2, -0.15) is 0 Å². The quantitative estimate of drug-likeness (QED) is 0.468. The Balaban J connectivity index is 2.23. The van der Waals surface area contributed by atoms with Crippen LogP contribution in [0.3, 0.4) is 0 Å². The highest BCUT2D eigenvalue weighted by Gasteiger charge is 2.15. The molecule has 2 heteroatoms. The van der Waals surface area contributed by atoms with Crippen LogP contribution in [0, 0.1) is 6.42 Å². The van der Waals surface area contributed by atoms with Gasteiger partial charge in [-0.1, -0.05) is 0 Å². The summed E-state index contributed by atoms with van der Waals surface area (Å²) in [4.78, 5) is 0. The molecule has 0 aromatic carbocycles. The molecule has 2 atom stereocenters. The van der Waals surface area contributed by atoms with Gasteiger partial charge in [0.2, 0.25) is 0 Å². The van der Waals surface area contributed by atoms with Crippen molar-refractivity contribution < 1.29 is 5.11 Å². The van der Waals surface area contributed by atoms with E-state index in [1.165, 1.54) is 0 Å². The van der Waals surface area contributed by atoms with Crippen LogP contribution in [-0.2, 0) is 0 Å². The minimum absolute atomic E-state index is 0.138. The fourth-order valence-electron chi connectivity index (χ4n) is 1.03. The zero-order valence-corrected chi connectivity index (χ0v) is 4.88. The molecule has 1 radical (unpaired) electrons. The lowest BCUT2D eigenvalue weighted by molar-refractivity contribution is 0.135. The molecule has 1 aliphatic rings. The third-order valence-electron chi connectivity index (χ3n) is 1.51. The van der Waals surface area contributed by atoms with Crippen LogP contribution < -0.4 is 5.73 Å². The molecular formula is C6H12NO. The van der Waals surface area contributed by atoms with Gasteiger partial charge in [-0.25, -0.2) is 0 Å². The fraction of sp³-hybridized carbons (Fsp3) is 0.833. The molecule has 2 unspecified atom stereocenters. The van der Waals surface area contributed by atoms with Crippen LogP contribution >= 0.6 is 0 Å². The van der Waals surface area contributed by atoms with E-state index in [1.807, 2.05) is 0 Å². The zero-order valence-electron chi connectivity index (χ0n) is 4.88. The monoisotopic (exact) mass is 114 g/mol. The third kappa shape index (κ3) is 1.46. The zero-order chi connectivity index (χ0) is 5.98. The first-order valence-corrected chi connectivity index (χ1v) is 3.06. The van der Waals surface area contributed by atoms with Crippen LogP contribution in [0.15, 0.2) is 0 Å². The maximum absolute atomic E-state index is 8.98. The van der Waals surface area contributed by atoms with Crippen molar-refractivity contribution in [1.29, 1.82) is 0 Å². The average molecular weight is 114 g/mol.